The van der Waals surface area contributed by atoms with Crippen LogP contribution in [-0.4, -0.2) is 21.2 Å². The molecule has 1 heterocycles. The van der Waals surface area contributed by atoms with Crippen LogP contribution in [0, 0.1) is 12.7 Å². The lowest BCUT2D eigenvalue weighted by molar-refractivity contribution is 0.103. The van der Waals surface area contributed by atoms with E-state index in [0.717, 1.165) is 0 Å². The fourth-order valence-corrected chi connectivity index (χ4v) is 1.19. The summed E-state index contributed by atoms with van der Waals surface area (Å²) in [5, 5.41) is 9.49. The molecule has 5 heteroatoms. The van der Waals surface area contributed by atoms with Crippen LogP contribution in [0.5, 0.6) is 0 Å². The van der Waals surface area contributed by atoms with E-state index in [4.69, 9.17) is 0 Å². The minimum Gasteiger partial charge on any atom is -0.287 e. The SMILES string of the molecule is Cc1ccc(C(=O)c2cn[nH]n2)cc1F. The molecule has 4 nitrogen and oxygen atoms in total. The van der Waals surface area contributed by atoms with Crippen molar-refractivity contribution in [1.29, 1.82) is 0 Å². The van der Waals surface area contributed by atoms with Gasteiger partial charge in [0.15, 0.2) is 5.69 Å². The minimum absolute atomic E-state index is 0.179. The molecule has 0 radical (unpaired) electrons. The minimum atomic E-state index is -0.399. The van der Waals surface area contributed by atoms with Gasteiger partial charge in [-0.15, -0.1) is 0 Å². The second-order valence-corrected chi connectivity index (χ2v) is 3.15. The first-order chi connectivity index (χ1) is 7.18. The maximum absolute atomic E-state index is 13.2. The van der Waals surface area contributed by atoms with Crippen molar-refractivity contribution in [3.8, 4) is 0 Å². The van der Waals surface area contributed by atoms with Gasteiger partial charge in [-0.05, 0) is 18.6 Å². The number of carbonyl (C=O) groups excluding carboxylic acids is 1. The van der Waals surface area contributed by atoms with Crippen LogP contribution in [0.3, 0.4) is 0 Å². The molecule has 15 heavy (non-hydrogen) atoms. The Morgan fingerprint density at radius 3 is 2.87 bits per heavy atom. The van der Waals surface area contributed by atoms with Crippen molar-refractivity contribution >= 4 is 5.78 Å². The Bertz CT molecular complexity index is 493. The van der Waals surface area contributed by atoms with E-state index < -0.39 is 5.82 Å². The van der Waals surface area contributed by atoms with E-state index in [0.29, 0.717) is 5.56 Å². The van der Waals surface area contributed by atoms with E-state index in [2.05, 4.69) is 15.4 Å². The summed E-state index contributed by atoms with van der Waals surface area (Å²) in [5.41, 5.74) is 0.956. The quantitative estimate of drug-likeness (QED) is 0.755. The molecule has 0 fully saturated rings. The zero-order chi connectivity index (χ0) is 10.8. The van der Waals surface area contributed by atoms with E-state index in [1.807, 2.05) is 0 Å². The Kier molecular flexibility index (Phi) is 2.29. The molecule has 0 saturated heterocycles. The number of hydrogen-bond acceptors (Lipinski definition) is 3. The molecule has 0 spiro atoms. The molecule has 0 aliphatic rings. The maximum atomic E-state index is 13.2. The van der Waals surface area contributed by atoms with Crippen LogP contribution in [0.1, 0.15) is 21.6 Å². The number of aromatic nitrogens is 3. The second-order valence-electron chi connectivity index (χ2n) is 3.15. The Labute approximate surface area is 85.1 Å². The first-order valence-corrected chi connectivity index (χ1v) is 4.35. The van der Waals surface area contributed by atoms with Crippen molar-refractivity contribution in [1.82, 2.24) is 15.4 Å². The van der Waals surface area contributed by atoms with Crippen LogP contribution in [0.4, 0.5) is 4.39 Å². The van der Waals surface area contributed by atoms with Gasteiger partial charge < -0.3 is 0 Å². The average Bonchev–Trinajstić information content (AvgIpc) is 2.74. The van der Waals surface area contributed by atoms with E-state index in [1.165, 1.54) is 12.3 Å². The number of ketones is 1. The van der Waals surface area contributed by atoms with Crippen molar-refractivity contribution in [3.05, 3.63) is 47.0 Å². The molecule has 0 saturated carbocycles. The first kappa shape index (κ1) is 9.51. The number of carbonyl (C=O) groups is 1. The third kappa shape index (κ3) is 1.76. The lowest BCUT2D eigenvalue weighted by atomic mass is 10.1. The molecule has 1 N–H and O–H groups in total. The summed E-state index contributed by atoms with van der Waals surface area (Å²) in [4.78, 5) is 11.7. The molecule has 76 valence electrons. The zero-order valence-electron chi connectivity index (χ0n) is 7.99. The van der Waals surface area contributed by atoms with Gasteiger partial charge in [-0.3, -0.25) is 4.79 Å². The standard InChI is InChI=1S/C10H8FN3O/c1-6-2-3-7(4-8(6)11)10(15)9-5-12-14-13-9/h2-5H,1H3,(H,12,13,14). The molecule has 1 aromatic carbocycles. The number of nitrogens with zero attached hydrogens (tertiary/aromatic N) is 2. The topological polar surface area (TPSA) is 58.6 Å². The van der Waals surface area contributed by atoms with Gasteiger partial charge in [-0.1, -0.05) is 12.1 Å². The molecule has 0 aliphatic carbocycles. The van der Waals surface area contributed by atoms with Crippen LogP contribution in [0.15, 0.2) is 24.4 Å². The lowest BCUT2D eigenvalue weighted by Crippen LogP contribution is -2.02. The third-order valence-electron chi connectivity index (χ3n) is 2.08. The van der Waals surface area contributed by atoms with Crippen molar-refractivity contribution in [3.63, 3.8) is 0 Å². The van der Waals surface area contributed by atoms with Crippen molar-refractivity contribution in [2.24, 2.45) is 0 Å². The van der Waals surface area contributed by atoms with Gasteiger partial charge in [0, 0.05) is 5.56 Å². The molecule has 0 amide bonds. The highest BCUT2D eigenvalue weighted by Gasteiger charge is 2.12. The summed E-state index contributed by atoms with van der Waals surface area (Å²) >= 11 is 0. The molecule has 0 atom stereocenters. The van der Waals surface area contributed by atoms with Crippen molar-refractivity contribution in [2.75, 3.05) is 0 Å². The van der Waals surface area contributed by atoms with Gasteiger partial charge in [-0.25, -0.2) is 4.39 Å². The predicted molar refractivity (Wildman–Crippen MR) is 51.0 cm³/mol. The van der Waals surface area contributed by atoms with Crippen molar-refractivity contribution < 1.29 is 9.18 Å². The first-order valence-electron chi connectivity index (χ1n) is 4.35. The van der Waals surface area contributed by atoms with E-state index in [-0.39, 0.29) is 17.0 Å². The lowest BCUT2D eigenvalue weighted by Gasteiger charge is -1.99. The Morgan fingerprint density at radius 1 is 1.47 bits per heavy atom. The van der Waals surface area contributed by atoms with Gasteiger partial charge in [-0.2, -0.15) is 15.4 Å². The van der Waals surface area contributed by atoms with E-state index in [9.17, 15) is 9.18 Å². The van der Waals surface area contributed by atoms with Crippen molar-refractivity contribution in [2.45, 2.75) is 6.92 Å². The number of halogens is 1. The fourth-order valence-electron chi connectivity index (χ4n) is 1.19. The summed E-state index contributed by atoms with van der Waals surface area (Å²) in [5.74, 6) is -0.744. The smallest absolute Gasteiger partial charge is 0.214 e. The highest BCUT2D eigenvalue weighted by atomic mass is 19.1. The summed E-state index contributed by atoms with van der Waals surface area (Å²) in [6.07, 6.45) is 1.31. The Hall–Kier alpha value is -2.04. The maximum Gasteiger partial charge on any atom is 0.214 e. The van der Waals surface area contributed by atoms with E-state index >= 15 is 0 Å². The number of H-pyrrole nitrogens is 1. The summed E-state index contributed by atoms with van der Waals surface area (Å²) in [7, 11) is 0. The number of hydrogen-bond donors (Lipinski definition) is 1. The van der Waals surface area contributed by atoms with Crippen LogP contribution in [-0.2, 0) is 0 Å². The molecule has 1 aromatic heterocycles. The third-order valence-corrected chi connectivity index (χ3v) is 2.08. The highest BCUT2D eigenvalue weighted by Crippen LogP contribution is 2.12. The normalized spacial score (nSPS) is 10.3. The van der Waals surface area contributed by atoms with Gasteiger partial charge in [0.1, 0.15) is 5.82 Å². The van der Waals surface area contributed by atoms with Gasteiger partial charge in [0.05, 0.1) is 6.20 Å². The molecule has 0 bridgehead atoms. The van der Waals surface area contributed by atoms with Crippen LogP contribution in [0.2, 0.25) is 0 Å². The van der Waals surface area contributed by atoms with Crippen LogP contribution in [0.25, 0.3) is 0 Å². The largest absolute Gasteiger partial charge is 0.287 e. The van der Waals surface area contributed by atoms with Crippen LogP contribution < -0.4 is 0 Å². The average molecular weight is 205 g/mol. The molecule has 2 aromatic rings. The molecular weight excluding hydrogens is 197 g/mol. The molecule has 0 aliphatic heterocycles. The molecule has 2 rings (SSSR count). The van der Waals surface area contributed by atoms with Crippen LogP contribution >= 0.6 is 0 Å². The number of aryl methyl sites for hydroxylation is 1. The Morgan fingerprint density at radius 2 is 2.27 bits per heavy atom. The van der Waals surface area contributed by atoms with Gasteiger partial charge >= 0.3 is 0 Å². The number of benzene rings is 1. The monoisotopic (exact) mass is 205 g/mol. The fraction of sp³-hybridized carbons (Fsp3) is 0.100. The summed E-state index contributed by atoms with van der Waals surface area (Å²) < 4.78 is 13.2. The second kappa shape index (κ2) is 3.61. The molecular formula is C10H8FN3O. The summed E-state index contributed by atoms with van der Waals surface area (Å²) in [6, 6.07) is 4.32. The number of aromatic amines is 1. The summed E-state index contributed by atoms with van der Waals surface area (Å²) in [6.45, 7) is 1.64. The predicted octanol–water partition coefficient (Wildman–Crippen LogP) is 1.48. The number of rotatable bonds is 2. The van der Waals surface area contributed by atoms with Gasteiger partial charge in [0.2, 0.25) is 5.78 Å². The number of nitrogens with one attached hydrogen (secondary N) is 1. The Balaban J connectivity index is 2.39. The molecule has 0 unspecified atom stereocenters. The van der Waals surface area contributed by atoms with Gasteiger partial charge in [0.25, 0.3) is 0 Å². The zero-order valence-corrected chi connectivity index (χ0v) is 7.99. The van der Waals surface area contributed by atoms with E-state index in [1.54, 1.807) is 19.1 Å². The highest BCUT2D eigenvalue weighted by molar-refractivity contribution is 6.07.